The van der Waals surface area contributed by atoms with Gasteiger partial charge in [0.1, 0.15) is 10.6 Å². The lowest BCUT2D eigenvalue weighted by Crippen LogP contribution is -2.13. The highest BCUT2D eigenvalue weighted by molar-refractivity contribution is 7.89. The van der Waals surface area contributed by atoms with Crippen molar-refractivity contribution in [3.63, 3.8) is 0 Å². The number of primary sulfonamides is 1. The van der Waals surface area contributed by atoms with Crippen molar-refractivity contribution >= 4 is 15.7 Å². The molecule has 1 aromatic rings. The quantitative estimate of drug-likeness (QED) is 0.559. The van der Waals surface area contributed by atoms with Crippen molar-refractivity contribution in [2.75, 3.05) is 0 Å². The summed E-state index contributed by atoms with van der Waals surface area (Å²) in [5.41, 5.74) is -0.359. The van der Waals surface area contributed by atoms with E-state index in [1.54, 1.807) is 0 Å². The van der Waals surface area contributed by atoms with Crippen LogP contribution in [0, 0.1) is 17.0 Å². The number of sulfonamides is 1. The molecule has 0 aliphatic heterocycles. The van der Waals surface area contributed by atoms with Gasteiger partial charge in [-0.05, 0) is 12.5 Å². The third-order valence-electron chi connectivity index (χ3n) is 1.77. The van der Waals surface area contributed by atoms with Crippen LogP contribution >= 0.6 is 0 Å². The summed E-state index contributed by atoms with van der Waals surface area (Å²) < 4.78 is 22.0. The summed E-state index contributed by atoms with van der Waals surface area (Å²) in [5, 5.41) is 24.6. The standard InChI is InChI=1S/C7H8N2O5S/c1-4-2-5(9(11)12)3-6(7(4)10)15(8,13)14/h2-3,10H,1H3,(H2,8,13,14). The minimum Gasteiger partial charge on any atom is -0.506 e. The molecule has 0 spiro atoms. The lowest BCUT2D eigenvalue weighted by atomic mass is 10.2. The first-order chi connectivity index (χ1) is 6.73. The van der Waals surface area contributed by atoms with Crippen LogP contribution in [0.15, 0.2) is 17.0 Å². The Morgan fingerprint density at radius 2 is 2.00 bits per heavy atom. The van der Waals surface area contributed by atoms with E-state index in [0.29, 0.717) is 0 Å². The zero-order valence-electron chi connectivity index (χ0n) is 7.67. The number of nitro benzene ring substituents is 1. The van der Waals surface area contributed by atoms with Crippen molar-refractivity contribution in [1.82, 2.24) is 0 Å². The fourth-order valence-corrected chi connectivity index (χ4v) is 1.77. The van der Waals surface area contributed by atoms with Crippen molar-refractivity contribution in [1.29, 1.82) is 0 Å². The molecule has 82 valence electrons. The molecule has 0 saturated carbocycles. The molecule has 8 heteroatoms. The Hall–Kier alpha value is -1.67. The van der Waals surface area contributed by atoms with Gasteiger partial charge in [0.15, 0.2) is 0 Å². The number of aromatic hydroxyl groups is 1. The second kappa shape index (κ2) is 3.48. The number of nitro groups is 1. The van der Waals surface area contributed by atoms with Crippen LogP contribution in [0.2, 0.25) is 0 Å². The average molecular weight is 232 g/mol. The second-order valence-electron chi connectivity index (χ2n) is 2.91. The van der Waals surface area contributed by atoms with E-state index in [-0.39, 0.29) is 5.56 Å². The molecule has 0 bridgehead atoms. The number of non-ortho nitro benzene ring substituents is 1. The Morgan fingerprint density at radius 1 is 1.47 bits per heavy atom. The van der Waals surface area contributed by atoms with E-state index >= 15 is 0 Å². The highest BCUT2D eigenvalue weighted by Gasteiger charge is 2.20. The molecule has 0 aliphatic carbocycles. The summed E-state index contributed by atoms with van der Waals surface area (Å²) >= 11 is 0. The van der Waals surface area contributed by atoms with Gasteiger partial charge in [-0.1, -0.05) is 0 Å². The molecule has 15 heavy (non-hydrogen) atoms. The Labute approximate surface area is 85.3 Å². The molecule has 1 rings (SSSR count). The molecule has 0 aromatic heterocycles. The Bertz CT molecular complexity index is 522. The number of benzene rings is 1. The molecule has 0 atom stereocenters. The average Bonchev–Trinajstić information content (AvgIpc) is 2.06. The van der Waals surface area contributed by atoms with Crippen LogP contribution in [0.5, 0.6) is 5.75 Å². The second-order valence-corrected chi connectivity index (χ2v) is 4.44. The number of hydrogen-bond donors (Lipinski definition) is 2. The molecule has 0 heterocycles. The zero-order chi connectivity index (χ0) is 11.8. The van der Waals surface area contributed by atoms with Crippen LogP contribution in [0.3, 0.4) is 0 Å². The molecular weight excluding hydrogens is 224 g/mol. The summed E-state index contributed by atoms with van der Waals surface area (Å²) in [4.78, 5) is 9.02. The fourth-order valence-electron chi connectivity index (χ4n) is 1.05. The Kier molecular flexibility index (Phi) is 2.65. The van der Waals surface area contributed by atoms with Gasteiger partial charge in [-0.25, -0.2) is 13.6 Å². The van der Waals surface area contributed by atoms with Crippen LogP contribution in [-0.4, -0.2) is 18.4 Å². The van der Waals surface area contributed by atoms with E-state index in [2.05, 4.69) is 0 Å². The van der Waals surface area contributed by atoms with Crippen molar-refractivity contribution in [2.24, 2.45) is 5.14 Å². The lowest BCUT2D eigenvalue weighted by Gasteiger charge is -2.04. The van der Waals surface area contributed by atoms with Gasteiger partial charge in [0.2, 0.25) is 10.0 Å². The highest BCUT2D eigenvalue weighted by atomic mass is 32.2. The number of aryl methyl sites for hydroxylation is 1. The van der Waals surface area contributed by atoms with Gasteiger partial charge in [-0.15, -0.1) is 0 Å². The third kappa shape index (κ3) is 2.22. The van der Waals surface area contributed by atoms with Gasteiger partial charge < -0.3 is 5.11 Å². The molecular formula is C7H8N2O5S. The number of nitrogens with two attached hydrogens (primary N) is 1. The number of phenols is 1. The monoisotopic (exact) mass is 232 g/mol. The first-order valence-corrected chi connectivity index (χ1v) is 5.29. The van der Waals surface area contributed by atoms with Crippen LogP contribution in [-0.2, 0) is 10.0 Å². The molecule has 0 unspecified atom stereocenters. The summed E-state index contributed by atoms with van der Waals surface area (Å²) in [6, 6.07) is 1.78. The largest absolute Gasteiger partial charge is 0.506 e. The minimum absolute atomic E-state index is 0.0771. The lowest BCUT2D eigenvalue weighted by molar-refractivity contribution is -0.385. The summed E-state index contributed by atoms with van der Waals surface area (Å²) in [7, 11) is -4.17. The predicted octanol–water partition coefficient (Wildman–Crippen LogP) is 0.256. The van der Waals surface area contributed by atoms with Crippen LogP contribution in [0.1, 0.15) is 5.56 Å². The predicted molar refractivity (Wildman–Crippen MR) is 50.9 cm³/mol. The number of nitrogens with zero attached hydrogens (tertiary/aromatic N) is 1. The molecule has 1 aromatic carbocycles. The summed E-state index contributed by atoms with van der Waals surface area (Å²) in [6.07, 6.45) is 0. The summed E-state index contributed by atoms with van der Waals surface area (Å²) in [5.74, 6) is -0.567. The Morgan fingerprint density at radius 3 is 2.40 bits per heavy atom. The normalized spacial score (nSPS) is 11.3. The molecule has 3 N–H and O–H groups in total. The van der Waals surface area contributed by atoms with Gasteiger partial charge in [0, 0.05) is 12.1 Å². The number of phenolic OH excluding ortho intramolecular Hbond substituents is 1. The zero-order valence-corrected chi connectivity index (χ0v) is 8.48. The van der Waals surface area contributed by atoms with Gasteiger partial charge in [0.05, 0.1) is 4.92 Å². The van der Waals surface area contributed by atoms with Crippen molar-refractivity contribution in [3.8, 4) is 5.75 Å². The minimum atomic E-state index is -4.17. The van der Waals surface area contributed by atoms with E-state index in [9.17, 15) is 23.6 Å². The highest BCUT2D eigenvalue weighted by Crippen LogP contribution is 2.30. The Balaban J connectivity index is 3.59. The number of hydrogen-bond acceptors (Lipinski definition) is 5. The summed E-state index contributed by atoms with van der Waals surface area (Å²) in [6.45, 7) is 1.34. The molecule has 0 radical (unpaired) electrons. The van der Waals surface area contributed by atoms with Crippen molar-refractivity contribution in [3.05, 3.63) is 27.8 Å². The van der Waals surface area contributed by atoms with Gasteiger partial charge in [-0.3, -0.25) is 10.1 Å². The van der Waals surface area contributed by atoms with E-state index < -0.39 is 31.3 Å². The topological polar surface area (TPSA) is 124 Å². The molecule has 0 amide bonds. The van der Waals surface area contributed by atoms with Crippen LogP contribution in [0.25, 0.3) is 0 Å². The fraction of sp³-hybridized carbons (Fsp3) is 0.143. The molecule has 7 nitrogen and oxygen atoms in total. The van der Waals surface area contributed by atoms with E-state index in [1.807, 2.05) is 0 Å². The maximum atomic E-state index is 11.0. The van der Waals surface area contributed by atoms with Crippen molar-refractivity contribution < 1.29 is 18.4 Å². The van der Waals surface area contributed by atoms with Gasteiger partial charge in [-0.2, -0.15) is 0 Å². The third-order valence-corrected chi connectivity index (χ3v) is 2.69. The molecule has 0 saturated heterocycles. The first-order valence-electron chi connectivity index (χ1n) is 3.74. The smallest absolute Gasteiger partial charge is 0.271 e. The van der Waals surface area contributed by atoms with Crippen LogP contribution < -0.4 is 5.14 Å². The molecule has 0 fully saturated rings. The van der Waals surface area contributed by atoms with Crippen molar-refractivity contribution in [2.45, 2.75) is 11.8 Å². The molecule has 0 aliphatic rings. The van der Waals surface area contributed by atoms with E-state index in [0.717, 1.165) is 12.1 Å². The first kappa shape index (κ1) is 11.4. The van der Waals surface area contributed by atoms with Gasteiger partial charge >= 0.3 is 0 Å². The van der Waals surface area contributed by atoms with Gasteiger partial charge in [0.25, 0.3) is 5.69 Å². The SMILES string of the molecule is Cc1cc([N+](=O)[O-])cc(S(N)(=O)=O)c1O. The number of rotatable bonds is 2. The maximum Gasteiger partial charge on any atom is 0.271 e. The van der Waals surface area contributed by atoms with E-state index in [4.69, 9.17) is 5.14 Å². The maximum absolute atomic E-state index is 11.0. The van der Waals surface area contributed by atoms with E-state index in [1.165, 1.54) is 6.92 Å². The van der Waals surface area contributed by atoms with Crippen LogP contribution in [0.4, 0.5) is 5.69 Å².